The van der Waals surface area contributed by atoms with Gasteiger partial charge in [0, 0.05) is 19.3 Å². The standard InChI is InChI=1S/C9H11N3O2/c10-8-7(2-1-3-11-8)9(14)12-4-6(13)5-12/h1-3,6,13H,4-5H2,(H2,10,11). The molecule has 1 amide bonds. The molecule has 0 aromatic carbocycles. The first-order valence-corrected chi connectivity index (χ1v) is 4.36. The van der Waals surface area contributed by atoms with Crippen molar-refractivity contribution in [3.8, 4) is 0 Å². The molecule has 0 aliphatic carbocycles. The summed E-state index contributed by atoms with van der Waals surface area (Å²) in [6.07, 6.45) is 1.15. The first-order chi connectivity index (χ1) is 6.68. The molecule has 1 aliphatic heterocycles. The van der Waals surface area contributed by atoms with Gasteiger partial charge < -0.3 is 15.7 Å². The Hall–Kier alpha value is -1.62. The Morgan fingerprint density at radius 1 is 1.64 bits per heavy atom. The van der Waals surface area contributed by atoms with Crippen molar-refractivity contribution in [2.24, 2.45) is 0 Å². The van der Waals surface area contributed by atoms with Crippen LogP contribution in [0.5, 0.6) is 0 Å². The molecule has 1 fully saturated rings. The Labute approximate surface area is 81.2 Å². The Morgan fingerprint density at radius 2 is 2.36 bits per heavy atom. The normalized spacial score (nSPS) is 16.5. The molecule has 0 saturated carbocycles. The zero-order valence-corrected chi connectivity index (χ0v) is 7.55. The Kier molecular flexibility index (Phi) is 2.09. The lowest BCUT2D eigenvalue weighted by atomic mass is 10.1. The number of rotatable bonds is 1. The van der Waals surface area contributed by atoms with Crippen LogP contribution < -0.4 is 5.73 Å². The lowest BCUT2D eigenvalue weighted by Crippen LogP contribution is -2.53. The molecule has 0 unspecified atom stereocenters. The molecule has 5 nitrogen and oxygen atoms in total. The van der Waals surface area contributed by atoms with Crippen molar-refractivity contribution in [1.82, 2.24) is 9.88 Å². The predicted molar refractivity (Wildman–Crippen MR) is 50.6 cm³/mol. The van der Waals surface area contributed by atoms with Gasteiger partial charge in [-0.25, -0.2) is 4.98 Å². The monoisotopic (exact) mass is 193 g/mol. The van der Waals surface area contributed by atoms with E-state index in [4.69, 9.17) is 10.8 Å². The van der Waals surface area contributed by atoms with Crippen molar-refractivity contribution in [2.45, 2.75) is 6.10 Å². The van der Waals surface area contributed by atoms with Gasteiger partial charge in [-0.05, 0) is 12.1 Å². The van der Waals surface area contributed by atoms with E-state index in [9.17, 15) is 4.79 Å². The van der Waals surface area contributed by atoms with E-state index >= 15 is 0 Å². The summed E-state index contributed by atoms with van der Waals surface area (Å²) in [7, 11) is 0. The number of aliphatic hydroxyl groups excluding tert-OH is 1. The van der Waals surface area contributed by atoms with E-state index in [0.29, 0.717) is 18.7 Å². The largest absolute Gasteiger partial charge is 0.389 e. The Bertz CT molecular complexity index is 361. The summed E-state index contributed by atoms with van der Waals surface area (Å²) in [5.41, 5.74) is 5.95. The fraction of sp³-hybridized carbons (Fsp3) is 0.333. The summed E-state index contributed by atoms with van der Waals surface area (Å²) < 4.78 is 0. The number of likely N-dealkylation sites (tertiary alicyclic amines) is 1. The van der Waals surface area contributed by atoms with Gasteiger partial charge in [0.2, 0.25) is 0 Å². The zero-order valence-electron chi connectivity index (χ0n) is 7.55. The van der Waals surface area contributed by atoms with Gasteiger partial charge in [-0.1, -0.05) is 0 Å². The van der Waals surface area contributed by atoms with E-state index in [1.54, 1.807) is 12.1 Å². The van der Waals surface area contributed by atoms with Crippen LogP contribution in [-0.4, -0.2) is 40.1 Å². The summed E-state index contributed by atoms with van der Waals surface area (Å²) in [5, 5.41) is 9.04. The number of anilines is 1. The lowest BCUT2D eigenvalue weighted by Gasteiger charge is -2.35. The number of carbonyl (C=O) groups excluding carboxylic acids is 1. The minimum atomic E-state index is -0.392. The second-order valence-electron chi connectivity index (χ2n) is 3.30. The number of amides is 1. The smallest absolute Gasteiger partial charge is 0.257 e. The molecule has 3 N–H and O–H groups in total. The molecule has 74 valence electrons. The minimum absolute atomic E-state index is 0.166. The van der Waals surface area contributed by atoms with Gasteiger partial charge >= 0.3 is 0 Å². The molecule has 1 aromatic heterocycles. The van der Waals surface area contributed by atoms with E-state index in [1.807, 2.05) is 0 Å². The summed E-state index contributed by atoms with van der Waals surface area (Å²) in [6, 6.07) is 3.30. The number of nitrogens with two attached hydrogens (primary N) is 1. The molecule has 5 heteroatoms. The van der Waals surface area contributed by atoms with Gasteiger partial charge in [0.25, 0.3) is 5.91 Å². The topological polar surface area (TPSA) is 79.5 Å². The van der Waals surface area contributed by atoms with Crippen LogP contribution >= 0.6 is 0 Å². The van der Waals surface area contributed by atoms with E-state index in [2.05, 4.69) is 4.98 Å². The molecular formula is C9H11N3O2. The number of aromatic nitrogens is 1. The highest BCUT2D eigenvalue weighted by Gasteiger charge is 2.30. The van der Waals surface area contributed by atoms with Gasteiger partial charge in [0.1, 0.15) is 5.82 Å². The molecule has 0 spiro atoms. The van der Waals surface area contributed by atoms with Crippen LogP contribution in [0.4, 0.5) is 5.82 Å². The van der Waals surface area contributed by atoms with E-state index < -0.39 is 6.10 Å². The number of pyridine rings is 1. The Balaban J connectivity index is 2.16. The second-order valence-corrected chi connectivity index (χ2v) is 3.30. The van der Waals surface area contributed by atoms with Crippen molar-refractivity contribution in [3.63, 3.8) is 0 Å². The molecule has 2 rings (SSSR count). The predicted octanol–water partition coefficient (Wildman–Crippen LogP) is -0.520. The highest BCUT2D eigenvalue weighted by atomic mass is 16.3. The van der Waals surface area contributed by atoms with Crippen molar-refractivity contribution < 1.29 is 9.90 Å². The van der Waals surface area contributed by atoms with Crippen LogP contribution in [0, 0.1) is 0 Å². The van der Waals surface area contributed by atoms with Crippen LogP contribution in [0.1, 0.15) is 10.4 Å². The lowest BCUT2D eigenvalue weighted by molar-refractivity contribution is 0.00594. The van der Waals surface area contributed by atoms with Crippen molar-refractivity contribution in [2.75, 3.05) is 18.8 Å². The zero-order chi connectivity index (χ0) is 10.1. The van der Waals surface area contributed by atoms with Gasteiger partial charge in [-0.15, -0.1) is 0 Å². The molecule has 2 heterocycles. The van der Waals surface area contributed by atoms with E-state index in [1.165, 1.54) is 11.1 Å². The number of hydrogen-bond acceptors (Lipinski definition) is 4. The minimum Gasteiger partial charge on any atom is -0.389 e. The van der Waals surface area contributed by atoms with Gasteiger partial charge in [0.15, 0.2) is 0 Å². The average molecular weight is 193 g/mol. The van der Waals surface area contributed by atoms with Crippen LogP contribution in [0.2, 0.25) is 0 Å². The molecule has 0 atom stereocenters. The third-order valence-corrected chi connectivity index (χ3v) is 2.22. The molecule has 1 aliphatic rings. The average Bonchev–Trinajstić information content (AvgIpc) is 2.13. The van der Waals surface area contributed by atoms with Gasteiger partial charge in [-0.2, -0.15) is 0 Å². The molecule has 0 radical (unpaired) electrons. The van der Waals surface area contributed by atoms with Gasteiger partial charge in [-0.3, -0.25) is 4.79 Å². The quantitative estimate of drug-likeness (QED) is 0.629. The van der Waals surface area contributed by atoms with E-state index in [-0.39, 0.29) is 11.7 Å². The third-order valence-electron chi connectivity index (χ3n) is 2.22. The fourth-order valence-electron chi connectivity index (χ4n) is 1.39. The second kappa shape index (κ2) is 3.26. The highest BCUT2D eigenvalue weighted by molar-refractivity contribution is 5.98. The fourth-order valence-corrected chi connectivity index (χ4v) is 1.39. The summed E-state index contributed by atoms with van der Waals surface area (Å²) in [6.45, 7) is 0.764. The third kappa shape index (κ3) is 1.42. The molecule has 14 heavy (non-hydrogen) atoms. The number of carbonyl (C=O) groups is 1. The first kappa shape index (κ1) is 8.96. The Morgan fingerprint density at radius 3 is 2.93 bits per heavy atom. The van der Waals surface area contributed by atoms with Crippen molar-refractivity contribution >= 4 is 11.7 Å². The first-order valence-electron chi connectivity index (χ1n) is 4.36. The molecular weight excluding hydrogens is 182 g/mol. The van der Waals surface area contributed by atoms with Crippen molar-refractivity contribution in [1.29, 1.82) is 0 Å². The van der Waals surface area contributed by atoms with Gasteiger partial charge in [0.05, 0.1) is 11.7 Å². The van der Waals surface area contributed by atoms with Crippen LogP contribution in [0.15, 0.2) is 18.3 Å². The van der Waals surface area contributed by atoms with Crippen LogP contribution in [0.25, 0.3) is 0 Å². The van der Waals surface area contributed by atoms with Crippen LogP contribution in [0.3, 0.4) is 0 Å². The number of β-amino-alcohol motifs (C(OH)–C–C–N with tert-alkyl or cyclic N) is 1. The summed E-state index contributed by atoms with van der Waals surface area (Å²) >= 11 is 0. The summed E-state index contributed by atoms with van der Waals surface area (Å²) in [5.74, 6) is 0.0692. The van der Waals surface area contributed by atoms with E-state index in [0.717, 1.165) is 0 Å². The molecule has 1 aromatic rings. The molecule has 0 bridgehead atoms. The summed E-state index contributed by atoms with van der Waals surface area (Å²) in [4.78, 5) is 17.1. The number of nitrogens with zero attached hydrogens (tertiary/aromatic N) is 2. The number of hydrogen-bond donors (Lipinski definition) is 2. The maximum atomic E-state index is 11.7. The number of nitrogen functional groups attached to an aromatic ring is 1. The van der Waals surface area contributed by atoms with Crippen LogP contribution in [-0.2, 0) is 0 Å². The maximum absolute atomic E-state index is 11.7. The highest BCUT2D eigenvalue weighted by Crippen LogP contribution is 2.15. The van der Waals surface area contributed by atoms with Crippen molar-refractivity contribution in [3.05, 3.63) is 23.9 Å². The SMILES string of the molecule is Nc1ncccc1C(=O)N1CC(O)C1. The number of aliphatic hydroxyl groups is 1. The maximum Gasteiger partial charge on any atom is 0.257 e. The molecule has 1 saturated heterocycles.